The molecule has 1 aromatic carbocycles. The van der Waals surface area contributed by atoms with Crippen molar-refractivity contribution in [3.63, 3.8) is 0 Å². The van der Waals surface area contributed by atoms with Gasteiger partial charge in [0.25, 0.3) is 5.91 Å². The van der Waals surface area contributed by atoms with Gasteiger partial charge in [0.1, 0.15) is 17.9 Å². The Morgan fingerprint density at radius 1 is 1.30 bits per heavy atom. The number of aromatic nitrogens is 2. The second-order valence-corrected chi connectivity index (χ2v) is 6.43. The lowest BCUT2D eigenvalue weighted by molar-refractivity contribution is 0.0688. The number of benzene rings is 1. The van der Waals surface area contributed by atoms with E-state index >= 15 is 0 Å². The van der Waals surface area contributed by atoms with Crippen molar-refractivity contribution in [2.75, 3.05) is 19.7 Å². The summed E-state index contributed by atoms with van der Waals surface area (Å²) in [6, 6.07) is 7.03. The van der Waals surface area contributed by atoms with Gasteiger partial charge in [0, 0.05) is 18.7 Å². The SMILES string of the molecule is C#CCOc1ccc(C(=O)N2CCC(n3ncc(C(=O)O)c3C)CC2)cc1. The molecular weight excluding hydrogens is 346 g/mol. The van der Waals surface area contributed by atoms with Gasteiger partial charge in [0.2, 0.25) is 0 Å². The molecule has 0 unspecified atom stereocenters. The fourth-order valence-corrected chi connectivity index (χ4v) is 3.32. The molecule has 1 fully saturated rings. The average molecular weight is 367 g/mol. The van der Waals surface area contributed by atoms with Crippen LogP contribution in [-0.2, 0) is 0 Å². The fourth-order valence-electron chi connectivity index (χ4n) is 3.32. The molecule has 27 heavy (non-hydrogen) atoms. The highest BCUT2D eigenvalue weighted by molar-refractivity contribution is 5.94. The summed E-state index contributed by atoms with van der Waals surface area (Å²) in [4.78, 5) is 25.7. The molecule has 140 valence electrons. The fraction of sp³-hybridized carbons (Fsp3) is 0.350. The molecule has 0 saturated carbocycles. The third kappa shape index (κ3) is 3.95. The number of nitrogens with zero attached hydrogens (tertiary/aromatic N) is 3. The van der Waals surface area contributed by atoms with E-state index in [0.717, 1.165) is 12.8 Å². The molecule has 2 aromatic rings. The largest absolute Gasteiger partial charge is 0.481 e. The van der Waals surface area contributed by atoms with E-state index in [1.807, 2.05) is 4.90 Å². The number of likely N-dealkylation sites (tertiary alicyclic amines) is 1. The maximum Gasteiger partial charge on any atom is 0.339 e. The predicted molar refractivity (Wildman–Crippen MR) is 98.9 cm³/mol. The van der Waals surface area contributed by atoms with E-state index in [1.165, 1.54) is 6.20 Å². The van der Waals surface area contributed by atoms with Crippen molar-refractivity contribution in [3.05, 3.63) is 47.3 Å². The van der Waals surface area contributed by atoms with Gasteiger partial charge in [-0.2, -0.15) is 5.10 Å². The number of carbonyl (C=O) groups excluding carboxylic acids is 1. The van der Waals surface area contributed by atoms with Crippen LogP contribution in [0, 0.1) is 19.3 Å². The highest BCUT2D eigenvalue weighted by atomic mass is 16.5. The Bertz CT molecular complexity index is 872. The number of terminal acetylenes is 1. The van der Waals surface area contributed by atoms with Crippen LogP contribution in [0.5, 0.6) is 5.75 Å². The van der Waals surface area contributed by atoms with Crippen molar-refractivity contribution < 1.29 is 19.4 Å². The summed E-state index contributed by atoms with van der Waals surface area (Å²) in [6.07, 6.45) is 8.01. The Kier molecular flexibility index (Phi) is 5.46. The summed E-state index contributed by atoms with van der Waals surface area (Å²) in [7, 11) is 0. The van der Waals surface area contributed by atoms with Crippen LogP contribution < -0.4 is 4.74 Å². The first kappa shape index (κ1) is 18.5. The summed E-state index contributed by atoms with van der Waals surface area (Å²) in [5.41, 5.74) is 1.47. The van der Waals surface area contributed by atoms with Crippen LogP contribution in [-0.4, -0.2) is 51.4 Å². The van der Waals surface area contributed by atoms with Crippen molar-refractivity contribution in [3.8, 4) is 18.1 Å². The Hall–Kier alpha value is -3.27. The van der Waals surface area contributed by atoms with Gasteiger partial charge >= 0.3 is 5.97 Å². The molecule has 3 rings (SSSR count). The molecule has 1 saturated heterocycles. The predicted octanol–water partition coefficient (Wildman–Crippen LogP) is 2.38. The normalized spacial score (nSPS) is 14.6. The van der Waals surface area contributed by atoms with E-state index in [0.29, 0.717) is 30.1 Å². The molecule has 0 aliphatic carbocycles. The molecule has 7 heteroatoms. The van der Waals surface area contributed by atoms with Gasteiger partial charge in [-0.05, 0) is 44.0 Å². The summed E-state index contributed by atoms with van der Waals surface area (Å²) >= 11 is 0. The van der Waals surface area contributed by atoms with Crippen LogP contribution in [0.15, 0.2) is 30.5 Å². The summed E-state index contributed by atoms with van der Waals surface area (Å²) < 4.78 is 7.08. The first-order valence-electron chi connectivity index (χ1n) is 8.74. The van der Waals surface area contributed by atoms with Gasteiger partial charge in [0.05, 0.1) is 17.9 Å². The van der Waals surface area contributed by atoms with Gasteiger partial charge in [-0.15, -0.1) is 6.42 Å². The highest BCUT2D eigenvalue weighted by Crippen LogP contribution is 2.26. The number of hydrogen-bond donors (Lipinski definition) is 1. The molecule has 0 radical (unpaired) electrons. The number of carbonyl (C=O) groups is 2. The number of amides is 1. The van der Waals surface area contributed by atoms with Crippen LogP contribution in [0.3, 0.4) is 0 Å². The number of carboxylic acids is 1. The number of aromatic carboxylic acids is 1. The van der Waals surface area contributed by atoms with E-state index in [1.54, 1.807) is 35.9 Å². The Morgan fingerprint density at radius 2 is 1.96 bits per heavy atom. The monoisotopic (exact) mass is 367 g/mol. The summed E-state index contributed by atoms with van der Waals surface area (Å²) in [5.74, 6) is 2.03. The minimum Gasteiger partial charge on any atom is -0.481 e. The molecule has 1 aliphatic heterocycles. The summed E-state index contributed by atoms with van der Waals surface area (Å²) in [5, 5.41) is 13.4. The smallest absolute Gasteiger partial charge is 0.339 e. The van der Waals surface area contributed by atoms with Crippen molar-refractivity contribution in [2.45, 2.75) is 25.8 Å². The van der Waals surface area contributed by atoms with Gasteiger partial charge in [0.15, 0.2) is 0 Å². The third-order valence-electron chi connectivity index (χ3n) is 4.80. The van der Waals surface area contributed by atoms with Gasteiger partial charge in [-0.25, -0.2) is 4.79 Å². The zero-order valence-electron chi connectivity index (χ0n) is 15.1. The van der Waals surface area contributed by atoms with Crippen LogP contribution >= 0.6 is 0 Å². The Labute approximate surface area is 157 Å². The lowest BCUT2D eigenvalue weighted by Gasteiger charge is -2.32. The first-order chi connectivity index (χ1) is 13.0. The van der Waals surface area contributed by atoms with E-state index in [9.17, 15) is 9.59 Å². The topological polar surface area (TPSA) is 84.7 Å². The molecule has 7 nitrogen and oxygen atoms in total. The maximum absolute atomic E-state index is 12.7. The molecule has 0 atom stereocenters. The number of rotatable bonds is 5. The van der Waals surface area contributed by atoms with Crippen LogP contribution in [0.2, 0.25) is 0 Å². The van der Waals surface area contributed by atoms with E-state index in [4.69, 9.17) is 16.3 Å². The average Bonchev–Trinajstić information content (AvgIpc) is 3.08. The minimum absolute atomic E-state index is 0.0274. The van der Waals surface area contributed by atoms with Gasteiger partial charge < -0.3 is 14.7 Å². The highest BCUT2D eigenvalue weighted by Gasteiger charge is 2.27. The second kappa shape index (κ2) is 7.96. The number of carboxylic acid groups (broad SMARTS) is 1. The minimum atomic E-state index is -0.971. The Morgan fingerprint density at radius 3 is 2.52 bits per heavy atom. The summed E-state index contributed by atoms with van der Waals surface area (Å²) in [6.45, 7) is 3.15. The molecule has 1 N–H and O–H groups in total. The maximum atomic E-state index is 12.7. The van der Waals surface area contributed by atoms with E-state index < -0.39 is 5.97 Å². The second-order valence-electron chi connectivity index (χ2n) is 6.43. The Balaban J connectivity index is 1.61. The van der Waals surface area contributed by atoms with Crippen LogP contribution in [0.4, 0.5) is 0 Å². The first-order valence-corrected chi connectivity index (χ1v) is 8.74. The third-order valence-corrected chi connectivity index (χ3v) is 4.80. The molecule has 1 aliphatic rings. The zero-order valence-corrected chi connectivity index (χ0v) is 15.1. The zero-order chi connectivity index (χ0) is 19.4. The lowest BCUT2D eigenvalue weighted by atomic mass is 10.0. The van der Waals surface area contributed by atoms with Crippen molar-refractivity contribution in [1.29, 1.82) is 0 Å². The standard InChI is InChI=1S/C20H21N3O4/c1-3-12-27-17-6-4-15(5-7-17)19(24)22-10-8-16(9-11-22)23-14(2)18(13-21-23)20(25)26/h1,4-7,13,16H,8-12H2,2H3,(H,25,26). The van der Waals surface area contributed by atoms with E-state index in [-0.39, 0.29) is 24.1 Å². The molecule has 2 heterocycles. The van der Waals surface area contributed by atoms with Gasteiger partial charge in [-0.1, -0.05) is 5.92 Å². The van der Waals surface area contributed by atoms with Crippen molar-refractivity contribution in [1.82, 2.24) is 14.7 Å². The van der Waals surface area contributed by atoms with E-state index in [2.05, 4.69) is 11.0 Å². The van der Waals surface area contributed by atoms with Crippen molar-refractivity contribution >= 4 is 11.9 Å². The van der Waals surface area contributed by atoms with Crippen LogP contribution in [0.1, 0.15) is 45.3 Å². The van der Waals surface area contributed by atoms with Crippen molar-refractivity contribution in [2.24, 2.45) is 0 Å². The lowest BCUT2D eigenvalue weighted by Crippen LogP contribution is -2.39. The van der Waals surface area contributed by atoms with Crippen LogP contribution in [0.25, 0.3) is 0 Å². The molecule has 1 aromatic heterocycles. The number of ether oxygens (including phenoxy) is 1. The molecule has 1 amide bonds. The molecule has 0 spiro atoms. The number of piperidine rings is 1. The number of hydrogen-bond acceptors (Lipinski definition) is 4. The van der Waals surface area contributed by atoms with Gasteiger partial charge in [-0.3, -0.25) is 9.48 Å². The molecular formula is C20H21N3O4. The molecule has 0 bridgehead atoms. The quantitative estimate of drug-likeness (QED) is 0.820.